The summed E-state index contributed by atoms with van der Waals surface area (Å²) < 4.78 is 0. The average Bonchev–Trinajstić information content (AvgIpc) is 2.54. The van der Waals surface area contributed by atoms with E-state index in [0.717, 1.165) is 11.1 Å². The van der Waals surface area contributed by atoms with E-state index < -0.39 is 5.91 Å². The average molecular weight is 349 g/mol. The fraction of sp³-hybridized carbons (Fsp3) is 0.0588. The Hall–Kier alpha value is -2.30. The molecule has 0 saturated heterocycles. The normalized spacial score (nSPS) is 10.5. The van der Waals surface area contributed by atoms with E-state index in [-0.39, 0.29) is 12.3 Å². The Morgan fingerprint density at radius 2 is 1.65 bits per heavy atom. The maximum absolute atomic E-state index is 11.7. The van der Waals surface area contributed by atoms with Gasteiger partial charge in [0.1, 0.15) is 0 Å². The summed E-state index contributed by atoms with van der Waals surface area (Å²) in [5, 5.41) is 1.15. The second-order valence-corrected chi connectivity index (χ2v) is 5.54. The number of carbonyl (C=O) groups excluding carboxylic acids is 2. The van der Waals surface area contributed by atoms with Crippen molar-refractivity contribution in [2.45, 2.75) is 6.42 Å². The topological polar surface area (TPSA) is 58.2 Å². The third-order valence-corrected chi connectivity index (χ3v) is 3.52. The molecule has 0 heterocycles. The van der Waals surface area contributed by atoms with E-state index in [1.54, 1.807) is 48.5 Å². The second-order valence-electron chi connectivity index (χ2n) is 4.70. The molecule has 6 heteroatoms. The van der Waals surface area contributed by atoms with E-state index in [1.807, 2.05) is 6.07 Å². The van der Waals surface area contributed by atoms with Crippen molar-refractivity contribution < 1.29 is 9.59 Å². The molecule has 0 spiro atoms. The van der Waals surface area contributed by atoms with Gasteiger partial charge in [-0.25, -0.2) is 0 Å². The van der Waals surface area contributed by atoms with Crippen LogP contribution in [0.4, 0.5) is 0 Å². The molecule has 0 aliphatic carbocycles. The number of nitrogens with one attached hydrogen (secondary N) is 2. The number of hydrazine groups is 1. The highest BCUT2D eigenvalue weighted by Gasteiger charge is 2.04. The van der Waals surface area contributed by atoms with Gasteiger partial charge in [-0.3, -0.25) is 20.4 Å². The molecule has 2 N–H and O–H groups in total. The number of rotatable bonds is 4. The van der Waals surface area contributed by atoms with Gasteiger partial charge in [0.2, 0.25) is 5.91 Å². The van der Waals surface area contributed by atoms with Gasteiger partial charge >= 0.3 is 0 Å². The van der Waals surface area contributed by atoms with Gasteiger partial charge in [0.05, 0.1) is 6.42 Å². The van der Waals surface area contributed by atoms with Crippen molar-refractivity contribution in [3.05, 3.63) is 75.8 Å². The molecule has 0 unspecified atom stereocenters. The van der Waals surface area contributed by atoms with Gasteiger partial charge in [-0.2, -0.15) is 0 Å². The van der Waals surface area contributed by atoms with Crippen LogP contribution in [-0.4, -0.2) is 11.8 Å². The van der Waals surface area contributed by atoms with Gasteiger partial charge in [-0.05, 0) is 35.4 Å². The van der Waals surface area contributed by atoms with Crippen molar-refractivity contribution in [3.8, 4) is 0 Å². The Morgan fingerprint density at radius 1 is 0.957 bits per heavy atom. The number of halogens is 2. The molecule has 0 saturated carbocycles. The molecule has 2 aromatic rings. The Bertz CT molecular complexity index is 728. The fourth-order valence-electron chi connectivity index (χ4n) is 1.78. The summed E-state index contributed by atoms with van der Waals surface area (Å²) in [6.07, 6.45) is 3.01. The van der Waals surface area contributed by atoms with Crippen molar-refractivity contribution in [3.63, 3.8) is 0 Å². The van der Waals surface area contributed by atoms with Gasteiger partial charge in [0.25, 0.3) is 5.91 Å². The first-order chi connectivity index (χ1) is 11.0. The Morgan fingerprint density at radius 3 is 2.35 bits per heavy atom. The molecule has 0 bridgehead atoms. The summed E-state index contributed by atoms with van der Waals surface area (Å²) in [5.74, 6) is -0.777. The van der Waals surface area contributed by atoms with Crippen LogP contribution in [0.3, 0.4) is 0 Å². The Labute approximate surface area is 144 Å². The number of amides is 2. The molecule has 2 aromatic carbocycles. The van der Waals surface area contributed by atoms with E-state index >= 15 is 0 Å². The third-order valence-electron chi connectivity index (χ3n) is 2.92. The number of hydrogen-bond donors (Lipinski definition) is 2. The van der Waals surface area contributed by atoms with Crippen LogP contribution in [0, 0.1) is 0 Å². The molecule has 118 valence electrons. The molecule has 0 aromatic heterocycles. The Balaban J connectivity index is 1.81. The minimum Gasteiger partial charge on any atom is -0.273 e. The molecular weight excluding hydrogens is 335 g/mol. The third kappa shape index (κ3) is 5.77. The SMILES string of the molecule is O=C(C=Cc1ccccc1Cl)NNC(=O)Cc1ccc(Cl)cc1. The minimum atomic E-state index is -0.450. The quantitative estimate of drug-likeness (QED) is 0.657. The van der Waals surface area contributed by atoms with Crippen LogP contribution in [0.25, 0.3) is 6.08 Å². The van der Waals surface area contributed by atoms with Crippen molar-refractivity contribution in [1.82, 2.24) is 10.9 Å². The standard InChI is InChI=1S/C17H14Cl2N2O2/c18-14-8-5-12(6-9-14)11-17(23)21-20-16(22)10-7-13-3-1-2-4-15(13)19/h1-10H,11H2,(H,20,22)(H,21,23). The fourth-order valence-corrected chi connectivity index (χ4v) is 2.11. The first kappa shape index (κ1) is 17.1. The number of carbonyl (C=O) groups is 2. The summed E-state index contributed by atoms with van der Waals surface area (Å²) in [4.78, 5) is 23.4. The van der Waals surface area contributed by atoms with E-state index in [9.17, 15) is 9.59 Å². The van der Waals surface area contributed by atoms with Crippen LogP contribution in [-0.2, 0) is 16.0 Å². The zero-order valence-corrected chi connectivity index (χ0v) is 13.6. The number of hydrogen-bond acceptors (Lipinski definition) is 2. The van der Waals surface area contributed by atoms with Crippen molar-refractivity contribution in [1.29, 1.82) is 0 Å². The molecule has 2 amide bonds. The predicted molar refractivity (Wildman–Crippen MR) is 91.9 cm³/mol. The van der Waals surface area contributed by atoms with Gasteiger partial charge in [-0.1, -0.05) is 53.5 Å². The monoisotopic (exact) mass is 348 g/mol. The maximum atomic E-state index is 11.7. The molecule has 0 aliphatic heterocycles. The van der Waals surface area contributed by atoms with Crippen LogP contribution in [0.15, 0.2) is 54.6 Å². The lowest BCUT2D eigenvalue weighted by Gasteiger charge is -2.05. The first-order valence-electron chi connectivity index (χ1n) is 6.80. The largest absolute Gasteiger partial charge is 0.273 e. The zero-order chi connectivity index (χ0) is 16.7. The van der Waals surface area contributed by atoms with E-state index in [2.05, 4.69) is 10.9 Å². The van der Waals surface area contributed by atoms with E-state index in [4.69, 9.17) is 23.2 Å². The molecule has 0 aliphatic rings. The van der Waals surface area contributed by atoms with Gasteiger partial charge in [0, 0.05) is 16.1 Å². The maximum Gasteiger partial charge on any atom is 0.262 e. The molecule has 2 rings (SSSR count). The smallest absolute Gasteiger partial charge is 0.262 e. The lowest BCUT2D eigenvalue weighted by Crippen LogP contribution is -2.41. The second kappa shape index (κ2) is 8.36. The van der Waals surface area contributed by atoms with Gasteiger partial charge in [0.15, 0.2) is 0 Å². The van der Waals surface area contributed by atoms with Crippen LogP contribution < -0.4 is 10.9 Å². The number of benzene rings is 2. The summed E-state index contributed by atoms with van der Waals surface area (Å²) >= 11 is 11.7. The van der Waals surface area contributed by atoms with Crippen LogP contribution in [0.1, 0.15) is 11.1 Å². The van der Waals surface area contributed by atoms with Crippen molar-refractivity contribution in [2.24, 2.45) is 0 Å². The molecule has 4 nitrogen and oxygen atoms in total. The predicted octanol–water partition coefficient (Wildman–Crippen LogP) is 3.40. The Kier molecular flexibility index (Phi) is 6.20. The van der Waals surface area contributed by atoms with E-state index in [0.29, 0.717) is 10.0 Å². The summed E-state index contributed by atoms with van der Waals surface area (Å²) in [7, 11) is 0. The zero-order valence-electron chi connectivity index (χ0n) is 12.1. The van der Waals surface area contributed by atoms with Gasteiger partial charge in [-0.15, -0.1) is 0 Å². The molecule has 0 radical (unpaired) electrons. The molecular formula is C17H14Cl2N2O2. The summed E-state index contributed by atoms with van der Waals surface area (Å²) in [6.45, 7) is 0. The van der Waals surface area contributed by atoms with Crippen molar-refractivity contribution >= 4 is 41.1 Å². The summed E-state index contributed by atoms with van der Waals surface area (Å²) in [5.41, 5.74) is 6.17. The highest BCUT2D eigenvalue weighted by Crippen LogP contribution is 2.16. The lowest BCUT2D eigenvalue weighted by molar-refractivity contribution is -0.126. The minimum absolute atomic E-state index is 0.145. The van der Waals surface area contributed by atoms with Gasteiger partial charge < -0.3 is 0 Å². The van der Waals surface area contributed by atoms with Crippen molar-refractivity contribution in [2.75, 3.05) is 0 Å². The van der Waals surface area contributed by atoms with Crippen LogP contribution in [0.5, 0.6) is 0 Å². The van der Waals surface area contributed by atoms with Crippen LogP contribution >= 0.6 is 23.2 Å². The van der Waals surface area contributed by atoms with Crippen LogP contribution in [0.2, 0.25) is 10.0 Å². The first-order valence-corrected chi connectivity index (χ1v) is 7.56. The molecule has 23 heavy (non-hydrogen) atoms. The lowest BCUT2D eigenvalue weighted by atomic mass is 10.1. The van der Waals surface area contributed by atoms with E-state index in [1.165, 1.54) is 6.08 Å². The highest BCUT2D eigenvalue weighted by atomic mass is 35.5. The summed E-state index contributed by atoms with van der Waals surface area (Å²) in [6, 6.07) is 14.0. The highest BCUT2D eigenvalue weighted by molar-refractivity contribution is 6.32. The molecule has 0 fully saturated rings. The molecule has 0 atom stereocenters.